The lowest BCUT2D eigenvalue weighted by Crippen LogP contribution is -2.42. The Bertz CT molecular complexity index is 710. The van der Waals surface area contributed by atoms with Crippen molar-refractivity contribution in [2.45, 2.75) is 44.6 Å². The molecule has 1 N–H and O–H groups in total. The van der Waals surface area contributed by atoms with E-state index >= 15 is 0 Å². The monoisotopic (exact) mass is 391 g/mol. The van der Waals surface area contributed by atoms with Crippen molar-refractivity contribution in [1.29, 1.82) is 0 Å². The van der Waals surface area contributed by atoms with Crippen LogP contribution >= 0.6 is 0 Å². The van der Waals surface area contributed by atoms with Gasteiger partial charge in [0.15, 0.2) is 11.5 Å². The largest absolute Gasteiger partial charge is 0.493 e. The number of nitro groups is 1. The number of benzene rings is 1. The number of nitrogens with zero attached hydrogens (tertiary/aromatic N) is 2. The van der Waals surface area contributed by atoms with Crippen molar-refractivity contribution in [2.24, 2.45) is 5.92 Å². The lowest BCUT2D eigenvalue weighted by molar-refractivity contribution is -0.385. The number of nitro benzene ring substituents is 1. The van der Waals surface area contributed by atoms with Gasteiger partial charge in [-0.05, 0) is 44.7 Å². The quantitative estimate of drug-likeness (QED) is 0.567. The van der Waals surface area contributed by atoms with E-state index in [0.29, 0.717) is 18.2 Å². The molecule has 28 heavy (non-hydrogen) atoms. The van der Waals surface area contributed by atoms with E-state index in [4.69, 9.17) is 9.47 Å². The van der Waals surface area contributed by atoms with Crippen molar-refractivity contribution in [2.75, 3.05) is 33.9 Å². The fourth-order valence-electron chi connectivity index (χ4n) is 4.33. The summed E-state index contributed by atoms with van der Waals surface area (Å²) in [7, 11) is 2.84. The minimum Gasteiger partial charge on any atom is -0.493 e. The van der Waals surface area contributed by atoms with Crippen LogP contribution < -0.4 is 14.8 Å². The molecule has 1 aliphatic heterocycles. The van der Waals surface area contributed by atoms with Crippen molar-refractivity contribution >= 4 is 11.6 Å². The number of carbonyl (C=O) groups excluding carboxylic acids is 1. The first-order valence-electron chi connectivity index (χ1n) is 9.96. The molecule has 1 aliphatic carbocycles. The minimum absolute atomic E-state index is 0.00829. The number of ether oxygens (including phenoxy) is 2. The van der Waals surface area contributed by atoms with Crippen LogP contribution in [0.3, 0.4) is 0 Å². The molecule has 3 rings (SSSR count). The van der Waals surface area contributed by atoms with E-state index in [1.807, 2.05) is 0 Å². The number of hydrogen-bond donors (Lipinski definition) is 1. The highest BCUT2D eigenvalue weighted by molar-refractivity contribution is 5.99. The van der Waals surface area contributed by atoms with Crippen molar-refractivity contribution < 1.29 is 19.2 Å². The summed E-state index contributed by atoms with van der Waals surface area (Å²) in [6.07, 6.45) is 7.39. The third-order valence-corrected chi connectivity index (χ3v) is 5.98. The van der Waals surface area contributed by atoms with Crippen LogP contribution in [0.2, 0.25) is 0 Å². The molecule has 0 aromatic heterocycles. The third kappa shape index (κ3) is 4.55. The number of likely N-dealkylation sites (tertiary alicyclic amines) is 1. The number of nitrogens with one attached hydrogen (secondary N) is 1. The van der Waals surface area contributed by atoms with Crippen LogP contribution in [-0.2, 0) is 0 Å². The number of methoxy groups -OCH3 is 2. The Balaban J connectivity index is 1.59. The van der Waals surface area contributed by atoms with Gasteiger partial charge in [-0.25, -0.2) is 0 Å². The molecule has 8 nitrogen and oxygen atoms in total. The van der Waals surface area contributed by atoms with Crippen LogP contribution in [0.1, 0.15) is 48.9 Å². The molecule has 1 saturated carbocycles. The Morgan fingerprint density at radius 1 is 1.14 bits per heavy atom. The molecule has 2 aliphatic rings. The second kappa shape index (κ2) is 9.23. The van der Waals surface area contributed by atoms with Crippen LogP contribution in [-0.4, -0.2) is 55.6 Å². The van der Waals surface area contributed by atoms with Crippen LogP contribution in [0.25, 0.3) is 0 Å². The molecule has 0 bridgehead atoms. The van der Waals surface area contributed by atoms with Gasteiger partial charge < -0.3 is 19.7 Å². The summed E-state index contributed by atoms with van der Waals surface area (Å²) < 4.78 is 10.3. The van der Waals surface area contributed by atoms with Gasteiger partial charge in [0.05, 0.1) is 25.2 Å². The smallest absolute Gasteiger partial charge is 0.286 e. The first-order valence-corrected chi connectivity index (χ1v) is 9.96. The molecule has 1 saturated heterocycles. The average molecular weight is 391 g/mol. The van der Waals surface area contributed by atoms with E-state index in [0.717, 1.165) is 32.0 Å². The van der Waals surface area contributed by atoms with Crippen molar-refractivity contribution in [3.8, 4) is 11.5 Å². The van der Waals surface area contributed by atoms with Crippen molar-refractivity contribution in [1.82, 2.24) is 10.2 Å². The van der Waals surface area contributed by atoms with Gasteiger partial charge in [0.1, 0.15) is 5.56 Å². The summed E-state index contributed by atoms with van der Waals surface area (Å²) in [5.41, 5.74) is -0.294. The van der Waals surface area contributed by atoms with Crippen LogP contribution in [0.15, 0.2) is 12.1 Å². The molecule has 1 aromatic rings. The summed E-state index contributed by atoms with van der Waals surface area (Å²) in [6.45, 7) is 2.67. The molecule has 8 heteroatoms. The molecule has 0 spiro atoms. The Kier molecular flexibility index (Phi) is 6.72. The lowest BCUT2D eigenvalue weighted by atomic mass is 9.95. The first-order chi connectivity index (χ1) is 13.5. The number of rotatable bonds is 7. The molecule has 1 amide bonds. The van der Waals surface area contributed by atoms with Crippen molar-refractivity contribution in [3.63, 3.8) is 0 Å². The molecule has 1 heterocycles. The van der Waals surface area contributed by atoms with Gasteiger partial charge >= 0.3 is 0 Å². The second-order valence-corrected chi connectivity index (χ2v) is 7.61. The van der Waals surface area contributed by atoms with Gasteiger partial charge in [-0.2, -0.15) is 0 Å². The molecule has 1 aromatic carbocycles. The molecule has 154 valence electrons. The lowest BCUT2D eigenvalue weighted by Gasteiger charge is -2.36. The fourth-order valence-corrected chi connectivity index (χ4v) is 4.33. The molecular formula is C20H29N3O5. The third-order valence-electron chi connectivity index (χ3n) is 5.98. The summed E-state index contributed by atoms with van der Waals surface area (Å²) in [5.74, 6) is 0.472. The predicted molar refractivity (Wildman–Crippen MR) is 105 cm³/mol. The zero-order valence-electron chi connectivity index (χ0n) is 16.6. The number of piperidine rings is 1. The van der Waals surface area contributed by atoms with Crippen LogP contribution in [0.4, 0.5) is 5.69 Å². The van der Waals surface area contributed by atoms with Gasteiger partial charge in [0.25, 0.3) is 11.6 Å². The Hall–Kier alpha value is -2.35. The molecule has 0 unspecified atom stereocenters. The Labute approximate surface area is 165 Å². The van der Waals surface area contributed by atoms with Gasteiger partial charge in [0.2, 0.25) is 0 Å². The average Bonchev–Trinajstić information content (AvgIpc) is 3.26. The standard InChI is InChI=1S/C20H29N3O5/c1-27-18-11-16(17(23(25)26)12-19(18)28-2)20(24)21-13-14-7-9-22(10-8-14)15-5-3-4-6-15/h11-12,14-15H,3-10,13H2,1-2H3,(H,21,24). The maximum absolute atomic E-state index is 12.6. The zero-order chi connectivity index (χ0) is 20.1. The van der Waals surface area contributed by atoms with Crippen molar-refractivity contribution in [3.05, 3.63) is 27.8 Å². The summed E-state index contributed by atoms with van der Waals surface area (Å²) in [5, 5.41) is 14.3. The summed E-state index contributed by atoms with van der Waals surface area (Å²) in [6, 6.07) is 3.34. The second-order valence-electron chi connectivity index (χ2n) is 7.61. The molecule has 0 atom stereocenters. The van der Waals surface area contributed by atoms with E-state index < -0.39 is 10.8 Å². The molecular weight excluding hydrogens is 362 g/mol. The maximum Gasteiger partial charge on any atom is 0.286 e. The van der Waals surface area contributed by atoms with Gasteiger partial charge in [-0.15, -0.1) is 0 Å². The highest BCUT2D eigenvalue weighted by atomic mass is 16.6. The summed E-state index contributed by atoms with van der Waals surface area (Å²) >= 11 is 0. The van der Waals surface area contributed by atoms with E-state index in [2.05, 4.69) is 10.2 Å². The first kappa shape index (κ1) is 20.4. The fraction of sp³-hybridized carbons (Fsp3) is 0.650. The number of carbonyl (C=O) groups is 1. The Morgan fingerprint density at radius 2 is 1.75 bits per heavy atom. The number of hydrogen-bond acceptors (Lipinski definition) is 6. The zero-order valence-corrected chi connectivity index (χ0v) is 16.6. The van der Waals surface area contributed by atoms with Crippen LogP contribution in [0, 0.1) is 16.0 Å². The predicted octanol–water partition coefficient (Wildman–Crippen LogP) is 3.00. The topological polar surface area (TPSA) is 93.9 Å². The number of amides is 1. The highest BCUT2D eigenvalue weighted by Gasteiger charge is 2.28. The van der Waals surface area contributed by atoms with E-state index in [9.17, 15) is 14.9 Å². The maximum atomic E-state index is 12.6. The van der Waals surface area contributed by atoms with Gasteiger partial charge in [-0.3, -0.25) is 14.9 Å². The summed E-state index contributed by atoms with van der Waals surface area (Å²) in [4.78, 5) is 26.0. The highest BCUT2D eigenvalue weighted by Crippen LogP contribution is 2.34. The van der Waals surface area contributed by atoms with E-state index in [-0.39, 0.29) is 17.0 Å². The minimum atomic E-state index is -0.572. The van der Waals surface area contributed by atoms with Crippen LogP contribution in [0.5, 0.6) is 11.5 Å². The Morgan fingerprint density at radius 3 is 2.32 bits per heavy atom. The van der Waals surface area contributed by atoms with E-state index in [1.54, 1.807) is 0 Å². The molecule has 0 radical (unpaired) electrons. The van der Waals surface area contributed by atoms with Gasteiger partial charge in [0, 0.05) is 18.7 Å². The molecule has 2 fully saturated rings. The van der Waals surface area contributed by atoms with E-state index in [1.165, 1.54) is 52.0 Å². The SMILES string of the molecule is COc1cc(C(=O)NCC2CCN(C3CCCC3)CC2)c([N+](=O)[O-])cc1OC. The normalized spacial score (nSPS) is 18.8. The van der Waals surface area contributed by atoms with Gasteiger partial charge in [-0.1, -0.05) is 12.8 Å².